The lowest BCUT2D eigenvalue weighted by atomic mass is 9.57. The molecule has 0 radical (unpaired) electrons. The standard InChI is InChI=1S/C37H59NO6/c1-32(2,3)20-22-17-27(43-31(42-22)25-18-23-24(19-26(25)39)30(41)38(14)29(23)40)36(10,11)34(6,7)16-15-33(4,5)35(8,9)21-28-37(12,13)44-28/h18-19,22,27-28,31,39H,15-17,20-21H2,1-14H3. The van der Waals surface area contributed by atoms with Crippen molar-refractivity contribution < 1.29 is 28.9 Å². The van der Waals surface area contributed by atoms with E-state index in [1.807, 2.05) is 0 Å². The van der Waals surface area contributed by atoms with Crippen molar-refractivity contribution in [3.63, 3.8) is 0 Å². The van der Waals surface area contributed by atoms with Crippen molar-refractivity contribution in [3.8, 4) is 5.75 Å². The van der Waals surface area contributed by atoms with E-state index in [0.717, 1.165) is 37.0 Å². The lowest BCUT2D eigenvalue weighted by molar-refractivity contribution is -0.283. The molecule has 0 aromatic heterocycles. The van der Waals surface area contributed by atoms with Crippen molar-refractivity contribution in [2.75, 3.05) is 7.05 Å². The normalized spacial score (nSPS) is 26.3. The highest BCUT2D eigenvalue weighted by Gasteiger charge is 2.54. The molecule has 3 aliphatic heterocycles. The fourth-order valence-electron chi connectivity index (χ4n) is 6.81. The number of carbonyl (C=O) groups excluding carboxylic acids is 2. The van der Waals surface area contributed by atoms with Crippen LogP contribution in [-0.2, 0) is 14.2 Å². The predicted molar refractivity (Wildman–Crippen MR) is 174 cm³/mol. The SMILES string of the molecule is CN1C(=O)c2cc(O)c(C3OC(CC(C)(C)C)CC(C(C)(C)C(C)(C)CCC(C)(C)C(C)(C)CC4OC4(C)C)O3)cc2C1=O. The van der Waals surface area contributed by atoms with Crippen molar-refractivity contribution in [1.82, 2.24) is 4.90 Å². The first-order chi connectivity index (χ1) is 19.8. The number of hydrogen-bond acceptors (Lipinski definition) is 6. The molecule has 4 atom stereocenters. The van der Waals surface area contributed by atoms with Gasteiger partial charge in [0, 0.05) is 13.5 Å². The fraction of sp³-hybridized carbons (Fsp3) is 0.784. The van der Waals surface area contributed by atoms with Crippen LogP contribution in [0.1, 0.15) is 155 Å². The summed E-state index contributed by atoms with van der Waals surface area (Å²) in [5.74, 6) is -0.888. The van der Waals surface area contributed by atoms with Gasteiger partial charge in [-0.25, -0.2) is 0 Å². The van der Waals surface area contributed by atoms with Crippen molar-refractivity contribution in [1.29, 1.82) is 0 Å². The molecular formula is C37H59NO6. The number of phenols is 1. The number of benzene rings is 1. The van der Waals surface area contributed by atoms with E-state index in [1.54, 1.807) is 6.07 Å². The summed E-state index contributed by atoms with van der Waals surface area (Å²) in [6.07, 6.45) is 3.90. The first-order valence-electron chi connectivity index (χ1n) is 16.5. The Bertz CT molecular complexity index is 1280. The molecule has 1 aromatic carbocycles. The number of fused-ring (bicyclic) bond motifs is 1. The van der Waals surface area contributed by atoms with Gasteiger partial charge in [0.1, 0.15) is 5.75 Å². The first kappa shape index (κ1) is 34.9. The zero-order chi connectivity index (χ0) is 33.4. The maximum absolute atomic E-state index is 12.8. The largest absolute Gasteiger partial charge is 0.507 e. The summed E-state index contributed by atoms with van der Waals surface area (Å²) >= 11 is 0. The fourth-order valence-corrected chi connectivity index (χ4v) is 6.81. The summed E-state index contributed by atoms with van der Waals surface area (Å²) in [4.78, 5) is 26.4. The van der Waals surface area contributed by atoms with Gasteiger partial charge >= 0.3 is 0 Å². The van der Waals surface area contributed by atoms with Crippen LogP contribution in [0.4, 0.5) is 0 Å². The third-order valence-corrected chi connectivity index (χ3v) is 12.0. The molecule has 1 aromatic rings. The molecule has 7 heteroatoms. The average molecular weight is 614 g/mol. The molecule has 3 aliphatic rings. The van der Waals surface area contributed by atoms with E-state index < -0.39 is 12.2 Å². The lowest BCUT2D eigenvalue weighted by Crippen LogP contribution is -2.50. The van der Waals surface area contributed by atoms with Gasteiger partial charge in [0.2, 0.25) is 0 Å². The van der Waals surface area contributed by atoms with Gasteiger partial charge in [-0.1, -0.05) is 76.2 Å². The minimum atomic E-state index is -0.854. The smallest absolute Gasteiger partial charge is 0.261 e. The van der Waals surface area contributed by atoms with Crippen LogP contribution in [0, 0.1) is 27.1 Å². The van der Waals surface area contributed by atoms with Crippen LogP contribution in [0.3, 0.4) is 0 Å². The van der Waals surface area contributed by atoms with Crippen LogP contribution in [-0.4, -0.2) is 52.8 Å². The summed E-state index contributed by atoms with van der Waals surface area (Å²) < 4.78 is 19.3. The van der Waals surface area contributed by atoms with Crippen LogP contribution in [0.15, 0.2) is 12.1 Å². The number of ether oxygens (including phenoxy) is 3. The average Bonchev–Trinajstić information content (AvgIpc) is 3.41. The predicted octanol–water partition coefficient (Wildman–Crippen LogP) is 8.68. The second kappa shape index (κ2) is 11.1. The highest BCUT2D eigenvalue weighted by molar-refractivity contribution is 6.21. The van der Waals surface area contributed by atoms with Gasteiger partial charge in [-0.3, -0.25) is 14.5 Å². The number of rotatable bonds is 10. The second-order valence-corrected chi connectivity index (χ2v) is 18.1. The van der Waals surface area contributed by atoms with Crippen molar-refractivity contribution in [2.45, 2.75) is 152 Å². The van der Waals surface area contributed by atoms with E-state index in [9.17, 15) is 14.7 Å². The van der Waals surface area contributed by atoms with Crippen LogP contribution < -0.4 is 0 Å². The van der Waals surface area contributed by atoms with E-state index >= 15 is 0 Å². The summed E-state index contributed by atoms with van der Waals surface area (Å²) in [7, 11) is 1.46. The molecule has 3 heterocycles. The summed E-state index contributed by atoms with van der Waals surface area (Å²) in [5.41, 5.74) is 0.775. The number of epoxide rings is 1. The zero-order valence-electron chi connectivity index (χ0n) is 29.9. The minimum Gasteiger partial charge on any atom is -0.507 e. The Morgan fingerprint density at radius 1 is 0.818 bits per heavy atom. The van der Waals surface area contributed by atoms with Crippen LogP contribution in [0.2, 0.25) is 0 Å². The Labute approximate surface area is 266 Å². The van der Waals surface area contributed by atoms with Gasteiger partial charge in [-0.15, -0.1) is 0 Å². The van der Waals surface area contributed by atoms with E-state index in [1.165, 1.54) is 13.1 Å². The molecule has 4 unspecified atom stereocenters. The quantitative estimate of drug-likeness (QED) is 0.210. The number of phenolic OH excluding ortho intramolecular Hbond substituents is 1. The Morgan fingerprint density at radius 2 is 1.34 bits per heavy atom. The molecule has 0 bridgehead atoms. The minimum absolute atomic E-state index is 0.0128. The second-order valence-electron chi connectivity index (χ2n) is 18.1. The van der Waals surface area contributed by atoms with Gasteiger partial charge in [-0.05, 0) is 78.7 Å². The van der Waals surface area contributed by atoms with Crippen LogP contribution in [0.5, 0.6) is 5.75 Å². The summed E-state index contributed by atoms with van der Waals surface area (Å²) in [5, 5.41) is 11.1. The molecular weight excluding hydrogens is 554 g/mol. The molecule has 248 valence electrons. The Kier molecular flexibility index (Phi) is 8.79. The van der Waals surface area contributed by atoms with Gasteiger partial charge in [0.25, 0.3) is 11.8 Å². The zero-order valence-corrected chi connectivity index (χ0v) is 29.9. The van der Waals surface area contributed by atoms with Crippen LogP contribution in [0.25, 0.3) is 0 Å². The van der Waals surface area contributed by atoms with Gasteiger partial charge < -0.3 is 19.3 Å². The molecule has 0 aliphatic carbocycles. The number of hydrogen-bond donors (Lipinski definition) is 1. The summed E-state index contributed by atoms with van der Waals surface area (Å²) in [6, 6.07) is 2.97. The monoisotopic (exact) mass is 613 g/mol. The van der Waals surface area contributed by atoms with E-state index in [0.29, 0.717) is 11.7 Å². The van der Waals surface area contributed by atoms with Crippen LogP contribution >= 0.6 is 0 Å². The number of imide groups is 1. The number of nitrogens with zero attached hydrogens (tertiary/aromatic N) is 1. The number of amides is 2. The molecule has 2 amide bonds. The van der Waals surface area contributed by atoms with E-state index in [-0.39, 0.29) is 67.7 Å². The van der Waals surface area contributed by atoms with E-state index in [4.69, 9.17) is 14.2 Å². The number of aromatic hydroxyl groups is 1. The Hall–Kier alpha value is -1.96. The maximum Gasteiger partial charge on any atom is 0.261 e. The molecule has 1 N–H and O–H groups in total. The van der Waals surface area contributed by atoms with E-state index in [2.05, 4.69) is 90.0 Å². The molecule has 0 spiro atoms. The molecule has 2 fully saturated rings. The third-order valence-electron chi connectivity index (χ3n) is 12.0. The van der Waals surface area contributed by atoms with Gasteiger partial charge in [-0.2, -0.15) is 0 Å². The molecule has 4 rings (SSSR count). The van der Waals surface area contributed by atoms with Crippen molar-refractivity contribution >= 4 is 11.8 Å². The molecule has 7 nitrogen and oxygen atoms in total. The summed E-state index contributed by atoms with van der Waals surface area (Å²) in [6.45, 7) is 29.8. The number of carbonyl (C=O) groups is 2. The Morgan fingerprint density at radius 3 is 1.86 bits per heavy atom. The molecule has 44 heavy (non-hydrogen) atoms. The molecule has 2 saturated heterocycles. The lowest BCUT2D eigenvalue weighted by Gasteiger charge is -2.52. The third kappa shape index (κ3) is 6.62. The van der Waals surface area contributed by atoms with Gasteiger partial charge in [0.15, 0.2) is 6.29 Å². The molecule has 0 saturated carbocycles. The first-order valence-corrected chi connectivity index (χ1v) is 16.5. The van der Waals surface area contributed by atoms with Gasteiger partial charge in [0.05, 0.1) is 40.6 Å². The Balaban J connectivity index is 1.58. The highest BCUT2D eigenvalue weighted by Crippen LogP contribution is 2.56. The maximum atomic E-state index is 12.8. The topological polar surface area (TPSA) is 88.6 Å². The van der Waals surface area contributed by atoms with Crippen molar-refractivity contribution in [2.24, 2.45) is 27.1 Å². The highest BCUT2D eigenvalue weighted by atomic mass is 16.7. The van der Waals surface area contributed by atoms with Crippen molar-refractivity contribution in [3.05, 3.63) is 28.8 Å².